The molecule has 0 aromatic carbocycles. The van der Waals surface area contributed by atoms with Crippen molar-refractivity contribution in [3.05, 3.63) is 93.2 Å². The van der Waals surface area contributed by atoms with Crippen molar-refractivity contribution in [1.82, 2.24) is 0 Å². The molecule has 31 heavy (non-hydrogen) atoms. The lowest BCUT2D eigenvalue weighted by molar-refractivity contribution is 0.240. The molecule has 0 aromatic rings. The largest absolute Gasteiger partial charge is 0.0764 e. The zero-order valence-corrected chi connectivity index (χ0v) is 20.9. The molecule has 0 amide bonds. The molecule has 0 N–H and O–H groups in total. The van der Waals surface area contributed by atoms with E-state index < -0.39 is 0 Å². The summed E-state index contributed by atoms with van der Waals surface area (Å²) < 4.78 is 0. The van der Waals surface area contributed by atoms with Crippen molar-refractivity contribution in [3.8, 4) is 0 Å². The number of hydrogen-bond donors (Lipinski definition) is 0. The van der Waals surface area contributed by atoms with Gasteiger partial charge in [-0.25, -0.2) is 0 Å². The van der Waals surface area contributed by atoms with Crippen molar-refractivity contribution in [2.75, 3.05) is 0 Å². The second-order valence-electron chi connectivity index (χ2n) is 12.5. The fraction of sp³-hybridized carbons (Fsp3) is 0.484. The smallest absolute Gasteiger partial charge is 0.0315 e. The highest BCUT2D eigenvalue weighted by Crippen LogP contribution is 2.69. The van der Waals surface area contributed by atoms with Crippen LogP contribution in [0.1, 0.15) is 68.7 Å². The minimum absolute atomic E-state index is 0.0319. The summed E-state index contributed by atoms with van der Waals surface area (Å²) in [6, 6.07) is 0. The summed E-state index contributed by atoms with van der Waals surface area (Å²) in [6.07, 6.45) is 21.0. The quantitative estimate of drug-likeness (QED) is 0.406. The molecule has 0 heterocycles. The van der Waals surface area contributed by atoms with Crippen molar-refractivity contribution in [2.24, 2.45) is 27.6 Å². The van der Waals surface area contributed by atoms with E-state index in [0.29, 0.717) is 5.92 Å². The van der Waals surface area contributed by atoms with Crippen molar-refractivity contribution in [1.29, 1.82) is 0 Å². The van der Waals surface area contributed by atoms with Gasteiger partial charge in [0.05, 0.1) is 0 Å². The summed E-state index contributed by atoms with van der Waals surface area (Å²) in [6.45, 7) is 21.4. The van der Waals surface area contributed by atoms with Gasteiger partial charge in [0.25, 0.3) is 0 Å². The van der Waals surface area contributed by atoms with Crippen LogP contribution in [0.3, 0.4) is 0 Å². The molecule has 0 bridgehead atoms. The molecule has 0 spiro atoms. The highest BCUT2D eigenvalue weighted by atomic mass is 14.6. The van der Waals surface area contributed by atoms with Crippen LogP contribution in [-0.2, 0) is 0 Å². The Bertz CT molecular complexity index is 1130. The molecule has 0 saturated heterocycles. The molecule has 0 radical (unpaired) electrons. The molecule has 0 fully saturated rings. The minimum atomic E-state index is -0.0383. The molecule has 0 saturated carbocycles. The van der Waals surface area contributed by atoms with Gasteiger partial charge in [-0.1, -0.05) is 111 Å². The Kier molecular flexibility index (Phi) is 4.05. The highest BCUT2D eigenvalue weighted by Gasteiger charge is 2.59. The summed E-state index contributed by atoms with van der Waals surface area (Å²) in [5.41, 5.74) is 12.2. The van der Waals surface area contributed by atoms with Gasteiger partial charge in [0.15, 0.2) is 0 Å². The molecule has 5 aliphatic rings. The van der Waals surface area contributed by atoms with Gasteiger partial charge in [-0.3, -0.25) is 0 Å². The van der Waals surface area contributed by atoms with E-state index >= 15 is 0 Å². The van der Waals surface area contributed by atoms with Crippen molar-refractivity contribution in [2.45, 2.75) is 68.7 Å². The van der Waals surface area contributed by atoms with Crippen LogP contribution >= 0.6 is 0 Å². The molecule has 0 heteroatoms. The lowest BCUT2D eigenvalue weighted by Gasteiger charge is -2.59. The van der Waals surface area contributed by atoms with E-state index in [1.807, 2.05) is 0 Å². The zero-order valence-electron chi connectivity index (χ0n) is 20.9. The fourth-order valence-corrected chi connectivity index (χ4v) is 6.42. The molecular weight excluding hydrogens is 372 g/mol. The Morgan fingerprint density at radius 3 is 1.68 bits per heavy atom. The summed E-state index contributed by atoms with van der Waals surface area (Å²) in [5, 5.41) is 0. The lowest BCUT2D eigenvalue weighted by atomic mass is 9.44. The SMILES string of the molecule is CCC1C=CC2=C3C=C(C(C)(C)C)C=C4C=CC5=CC(C(C)(C)C)=CC(=C21)[C@]5(C)[C@]43C. The van der Waals surface area contributed by atoms with Crippen molar-refractivity contribution >= 4 is 0 Å². The molecule has 1 unspecified atom stereocenters. The summed E-state index contributed by atoms with van der Waals surface area (Å²) in [7, 11) is 0. The van der Waals surface area contributed by atoms with Gasteiger partial charge in [-0.2, -0.15) is 0 Å². The van der Waals surface area contributed by atoms with Gasteiger partial charge in [0.2, 0.25) is 0 Å². The molecule has 162 valence electrons. The van der Waals surface area contributed by atoms with E-state index in [-0.39, 0.29) is 21.7 Å². The summed E-state index contributed by atoms with van der Waals surface area (Å²) in [4.78, 5) is 0. The van der Waals surface area contributed by atoms with Crippen LogP contribution in [0.5, 0.6) is 0 Å². The average molecular weight is 411 g/mol. The predicted molar refractivity (Wildman–Crippen MR) is 134 cm³/mol. The molecular formula is C31H38. The zero-order chi connectivity index (χ0) is 22.6. The molecule has 3 atom stereocenters. The van der Waals surface area contributed by atoms with Crippen LogP contribution in [0.25, 0.3) is 0 Å². The first-order valence-electron chi connectivity index (χ1n) is 12.1. The van der Waals surface area contributed by atoms with Crippen LogP contribution < -0.4 is 0 Å². The molecule has 0 nitrogen and oxygen atoms in total. The van der Waals surface area contributed by atoms with E-state index in [1.165, 1.54) is 33.4 Å². The third kappa shape index (κ3) is 2.48. The molecule has 5 aliphatic carbocycles. The van der Waals surface area contributed by atoms with E-state index in [0.717, 1.165) is 6.42 Å². The van der Waals surface area contributed by atoms with Gasteiger partial charge < -0.3 is 0 Å². The van der Waals surface area contributed by atoms with Gasteiger partial charge in [0, 0.05) is 16.7 Å². The van der Waals surface area contributed by atoms with Crippen LogP contribution in [0.4, 0.5) is 0 Å². The Hall–Kier alpha value is -2.08. The highest BCUT2D eigenvalue weighted by molar-refractivity contribution is 5.75. The first-order valence-corrected chi connectivity index (χ1v) is 12.1. The Morgan fingerprint density at radius 2 is 1.19 bits per heavy atom. The topological polar surface area (TPSA) is 0 Å². The third-order valence-corrected chi connectivity index (χ3v) is 8.80. The van der Waals surface area contributed by atoms with Crippen LogP contribution in [-0.4, -0.2) is 0 Å². The second kappa shape index (κ2) is 6.03. The van der Waals surface area contributed by atoms with Gasteiger partial charge in [-0.05, 0) is 61.8 Å². The van der Waals surface area contributed by atoms with E-state index in [4.69, 9.17) is 0 Å². The maximum atomic E-state index is 2.57. The Morgan fingerprint density at radius 1 is 0.710 bits per heavy atom. The lowest BCUT2D eigenvalue weighted by Crippen LogP contribution is -2.49. The van der Waals surface area contributed by atoms with Gasteiger partial charge in [-0.15, -0.1) is 0 Å². The van der Waals surface area contributed by atoms with Crippen molar-refractivity contribution in [3.63, 3.8) is 0 Å². The van der Waals surface area contributed by atoms with E-state index in [1.54, 1.807) is 11.1 Å². The maximum Gasteiger partial charge on any atom is 0.0315 e. The van der Waals surface area contributed by atoms with E-state index in [2.05, 4.69) is 111 Å². The standard InChI is InChI=1S/C31H38/c1-10-19-11-14-24-25-17-22(28(2,3)4)15-20-12-13-21-16-23(29(5,6)7)18-26(27(19)24)31(21,9)30(20,25)8/h11-19H,10H2,1-9H3/t19?,30-,31-/m1/s1. The van der Waals surface area contributed by atoms with Crippen LogP contribution in [0, 0.1) is 27.6 Å². The minimum Gasteiger partial charge on any atom is -0.0764 e. The Balaban J connectivity index is 1.93. The molecule has 5 rings (SSSR count). The number of allylic oxidation sites excluding steroid dienone is 16. The molecule has 0 aliphatic heterocycles. The molecule has 0 aromatic heterocycles. The average Bonchev–Trinajstić information content (AvgIpc) is 3.08. The monoisotopic (exact) mass is 410 g/mol. The fourth-order valence-electron chi connectivity index (χ4n) is 6.42. The maximum absolute atomic E-state index is 2.57. The van der Waals surface area contributed by atoms with E-state index in [9.17, 15) is 0 Å². The van der Waals surface area contributed by atoms with Crippen LogP contribution in [0.15, 0.2) is 93.2 Å². The number of hydrogen-bond acceptors (Lipinski definition) is 0. The Labute approximate surface area is 189 Å². The number of rotatable bonds is 1. The summed E-state index contributed by atoms with van der Waals surface area (Å²) >= 11 is 0. The third-order valence-electron chi connectivity index (χ3n) is 8.80. The van der Waals surface area contributed by atoms with Crippen molar-refractivity contribution < 1.29 is 0 Å². The first kappa shape index (κ1) is 20.8. The summed E-state index contributed by atoms with van der Waals surface area (Å²) in [5.74, 6) is 0.516. The first-order chi connectivity index (χ1) is 14.3. The second-order valence-corrected chi connectivity index (χ2v) is 12.5. The van der Waals surface area contributed by atoms with Gasteiger partial charge >= 0.3 is 0 Å². The number of fused-ring (bicyclic) bond motifs is 1. The van der Waals surface area contributed by atoms with Crippen LogP contribution in [0.2, 0.25) is 0 Å². The predicted octanol–water partition coefficient (Wildman–Crippen LogP) is 8.60. The normalized spacial score (nSPS) is 33.6. The van der Waals surface area contributed by atoms with Gasteiger partial charge in [0.1, 0.15) is 0 Å².